The van der Waals surface area contributed by atoms with Gasteiger partial charge in [0.1, 0.15) is 0 Å². The van der Waals surface area contributed by atoms with Crippen molar-refractivity contribution in [2.75, 3.05) is 0 Å². The summed E-state index contributed by atoms with van der Waals surface area (Å²) in [5.41, 5.74) is 27.5. The molecule has 0 saturated heterocycles. The van der Waals surface area contributed by atoms with Crippen molar-refractivity contribution in [3.8, 4) is 22.3 Å². The number of hydrogen-bond acceptors (Lipinski definition) is 0. The topological polar surface area (TPSA) is 0 Å². The zero-order valence-corrected chi connectivity index (χ0v) is 20.4. The van der Waals surface area contributed by atoms with Crippen LogP contribution in [0.25, 0.3) is 22.3 Å². The third kappa shape index (κ3) is 2.13. The van der Waals surface area contributed by atoms with Gasteiger partial charge in [-0.25, -0.2) is 0 Å². The van der Waals surface area contributed by atoms with Crippen LogP contribution in [0, 0.1) is 69.2 Å². The molecule has 154 valence electrons. The van der Waals surface area contributed by atoms with Crippen LogP contribution in [-0.2, 0) is 12.8 Å². The molecule has 0 N–H and O–H groups in total. The third-order valence-electron chi connectivity index (χ3n) is 9.10. The van der Waals surface area contributed by atoms with Gasteiger partial charge in [0, 0.05) is 0 Å². The Morgan fingerprint density at radius 2 is 0.500 bits per heavy atom. The van der Waals surface area contributed by atoms with E-state index in [1.54, 1.807) is 44.5 Å². The fraction of sp³-hybridized carbons (Fsp3) is 0.400. The number of rotatable bonds is 0. The zero-order valence-electron chi connectivity index (χ0n) is 20.4. The van der Waals surface area contributed by atoms with Gasteiger partial charge in [0.2, 0.25) is 0 Å². The van der Waals surface area contributed by atoms with E-state index >= 15 is 0 Å². The first kappa shape index (κ1) is 19.6. The van der Waals surface area contributed by atoms with E-state index in [0.29, 0.717) is 0 Å². The van der Waals surface area contributed by atoms with E-state index in [2.05, 4.69) is 69.2 Å². The highest BCUT2D eigenvalue weighted by molar-refractivity contribution is 5.94. The summed E-state index contributed by atoms with van der Waals surface area (Å²) in [6, 6.07) is 0. The summed E-state index contributed by atoms with van der Waals surface area (Å²) < 4.78 is 0. The van der Waals surface area contributed by atoms with Crippen molar-refractivity contribution in [2.45, 2.75) is 82.1 Å². The summed E-state index contributed by atoms with van der Waals surface area (Å²) in [4.78, 5) is 0. The first-order chi connectivity index (χ1) is 14.1. The monoisotopic (exact) mass is 394 g/mol. The average Bonchev–Trinajstić information content (AvgIpc) is 3.32. The van der Waals surface area contributed by atoms with Crippen molar-refractivity contribution in [3.05, 3.63) is 77.9 Å². The highest BCUT2D eigenvalue weighted by atomic mass is 14.4. The Morgan fingerprint density at radius 3 is 0.833 bits per heavy atom. The van der Waals surface area contributed by atoms with Gasteiger partial charge < -0.3 is 0 Å². The molecule has 0 nitrogen and oxygen atoms in total. The SMILES string of the molecule is Cc1c(C)c(C)c2c(c1C)Cc1c(C)c3c(c(C)c1-2)Cc1c(C)c(C)c(C)c(C)c1-3. The summed E-state index contributed by atoms with van der Waals surface area (Å²) >= 11 is 0. The van der Waals surface area contributed by atoms with E-state index in [-0.39, 0.29) is 0 Å². The van der Waals surface area contributed by atoms with Crippen molar-refractivity contribution < 1.29 is 0 Å². The maximum atomic E-state index is 2.40. The molecule has 0 aromatic heterocycles. The van der Waals surface area contributed by atoms with Crippen LogP contribution in [0.2, 0.25) is 0 Å². The van der Waals surface area contributed by atoms with Gasteiger partial charge in [-0.1, -0.05) is 0 Å². The number of fused-ring (bicyclic) bond motifs is 6. The second-order valence-corrected chi connectivity index (χ2v) is 10.0. The molecule has 0 atom stereocenters. The molecule has 2 aliphatic carbocycles. The standard InChI is InChI=1S/C30H34/c1-13-15(3)19(7)27-23(17(13)5)11-25-21(9)30-26(22(10)29(25)27)12-24-18(6)14(2)16(4)20(8)28(24)30/h11-12H2,1-10H3. The fourth-order valence-electron chi connectivity index (χ4n) is 6.50. The van der Waals surface area contributed by atoms with Crippen molar-refractivity contribution in [2.24, 2.45) is 0 Å². The van der Waals surface area contributed by atoms with Crippen LogP contribution in [0.1, 0.15) is 77.9 Å². The molecule has 0 aliphatic heterocycles. The molecule has 30 heavy (non-hydrogen) atoms. The van der Waals surface area contributed by atoms with Crippen LogP contribution in [-0.4, -0.2) is 0 Å². The lowest BCUT2D eigenvalue weighted by Gasteiger charge is -2.20. The van der Waals surface area contributed by atoms with Gasteiger partial charge in [-0.2, -0.15) is 0 Å². The van der Waals surface area contributed by atoms with Gasteiger partial charge in [0.05, 0.1) is 0 Å². The Bertz CT molecular complexity index is 1210. The molecule has 0 heteroatoms. The quantitative estimate of drug-likeness (QED) is 0.250. The predicted molar refractivity (Wildman–Crippen MR) is 130 cm³/mol. The Labute approximate surface area is 182 Å². The lowest BCUT2D eigenvalue weighted by Crippen LogP contribution is -1.99. The highest BCUT2D eigenvalue weighted by Crippen LogP contribution is 2.53. The van der Waals surface area contributed by atoms with E-state index in [4.69, 9.17) is 0 Å². The predicted octanol–water partition coefficient (Wildman–Crippen LogP) is 7.91. The van der Waals surface area contributed by atoms with Crippen molar-refractivity contribution >= 4 is 0 Å². The molecule has 0 saturated carbocycles. The summed E-state index contributed by atoms with van der Waals surface area (Å²) in [5.74, 6) is 0. The van der Waals surface area contributed by atoms with Gasteiger partial charge in [-0.15, -0.1) is 0 Å². The average molecular weight is 395 g/mol. The molecule has 0 heterocycles. The number of hydrogen-bond donors (Lipinski definition) is 0. The normalized spacial score (nSPS) is 13.4. The molecule has 0 bridgehead atoms. The van der Waals surface area contributed by atoms with E-state index in [1.165, 1.54) is 55.6 Å². The van der Waals surface area contributed by atoms with E-state index < -0.39 is 0 Å². The van der Waals surface area contributed by atoms with Crippen LogP contribution in [0.5, 0.6) is 0 Å². The smallest absolute Gasteiger partial charge is 0.000766 e. The molecule has 5 rings (SSSR count). The van der Waals surface area contributed by atoms with Gasteiger partial charge in [-0.05, 0) is 182 Å². The third-order valence-corrected chi connectivity index (χ3v) is 9.10. The Balaban J connectivity index is 1.89. The molecular weight excluding hydrogens is 360 g/mol. The first-order valence-corrected chi connectivity index (χ1v) is 11.4. The zero-order chi connectivity index (χ0) is 21.8. The lowest BCUT2D eigenvalue weighted by molar-refractivity contribution is 1.13. The van der Waals surface area contributed by atoms with Crippen LogP contribution in [0.4, 0.5) is 0 Å². The Kier molecular flexibility index (Phi) is 3.99. The van der Waals surface area contributed by atoms with Crippen molar-refractivity contribution in [1.82, 2.24) is 0 Å². The van der Waals surface area contributed by atoms with Gasteiger partial charge in [-0.3, -0.25) is 0 Å². The molecule has 3 aromatic carbocycles. The van der Waals surface area contributed by atoms with E-state index in [1.807, 2.05) is 0 Å². The van der Waals surface area contributed by atoms with E-state index in [0.717, 1.165) is 12.8 Å². The molecule has 2 aliphatic rings. The Hall–Kier alpha value is -2.34. The van der Waals surface area contributed by atoms with Crippen LogP contribution < -0.4 is 0 Å². The van der Waals surface area contributed by atoms with Crippen LogP contribution >= 0.6 is 0 Å². The first-order valence-electron chi connectivity index (χ1n) is 11.4. The maximum absolute atomic E-state index is 2.40. The van der Waals surface area contributed by atoms with E-state index in [9.17, 15) is 0 Å². The second-order valence-electron chi connectivity index (χ2n) is 10.0. The molecule has 0 fully saturated rings. The largest absolute Gasteiger partial charge is 0.0447 e. The Morgan fingerprint density at radius 1 is 0.267 bits per heavy atom. The highest BCUT2D eigenvalue weighted by Gasteiger charge is 2.34. The van der Waals surface area contributed by atoms with Crippen LogP contribution in [0.15, 0.2) is 0 Å². The lowest BCUT2D eigenvalue weighted by atomic mass is 9.84. The minimum atomic E-state index is 1.09. The summed E-state index contributed by atoms with van der Waals surface area (Å²) in [7, 11) is 0. The van der Waals surface area contributed by atoms with Gasteiger partial charge in [0.15, 0.2) is 0 Å². The summed E-state index contributed by atoms with van der Waals surface area (Å²) in [5, 5.41) is 0. The fourth-order valence-corrected chi connectivity index (χ4v) is 6.50. The number of benzene rings is 3. The molecule has 0 amide bonds. The summed E-state index contributed by atoms with van der Waals surface area (Å²) in [6.07, 6.45) is 2.19. The van der Waals surface area contributed by atoms with Crippen molar-refractivity contribution in [1.29, 1.82) is 0 Å². The maximum Gasteiger partial charge on any atom is -0.000766 e. The van der Waals surface area contributed by atoms with Crippen molar-refractivity contribution in [3.63, 3.8) is 0 Å². The molecular formula is C30H34. The molecule has 0 radical (unpaired) electrons. The summed E-state index contributed by atoms with van der Waals surface area (Å²) in [6.45, 7) is 23.3. The van der Waals surface area contributed by atoms with Gasteiger partial charge in [0.25, 0.3) is 0 Å². The minimum absolute atomic E-state index is 1.09. The van der Waals surface area contributed by atoms with Crippen LogP contribution in [0.3, 0.4) is 0 Å². The molecule has 0 unspecified atom stereocenters. The molecule has 0 spiro atoms. The van der Waals surface area contributed by atoms with Gasteiger partial charge >= 0.3 is 0 Å². The second kappa shape index (κ2) is 6.10. The molecule has 3 aromatic rings. The minimum Gasteiger partial charge on any atom is -0.0447 e.